The van der Waals surface area contributed by atoms with E-state index in [1.165, 1.54) is 0 Å². The third kappa shape index (κ3) is 4.05. The molecule has 0 saturated heterocycles. The molecule has 3 N–H and O–H groups in total. The second kappa shape index (κ2) is 8.55. The lowest BCUT2D eigenvalue weighted by atomic mass is 10.1. The molecule has 5 heteroatoms. The van der Waals surface area contributed by atoms with Gasteiger partial charge in [0.15, 0.2) is 17.2 Å². The zero-order valence-corrected chi connectivity index (χ0v) is 18.2. The van der Waals surface area contributed by atoms with Crippen molar-refractivity contribution in [3.63, 3.8) is 0 Å². The highest BCUT2D eigenvalue weighted by Crippen LogP contribution is 2.44. The molecule has 0 aliphatic carbocycles. The van der Waals surface area contributed by atoms with Gasteiger partial charge in [0, 0.05) is 11.4 Å². The average Bonchev–Trinajstić information content (AvgIpc) is 2.77. The Morgan fingerprint density at radius 1 is 0.594 bits per heavy atom. The van der Waals surface area contributed by atoms with E-state index in [-0.39, 0.29) is 17.2 Å². The Hall–Kier alpha value is -4.12. The van der Waals surface area contributed by atoms with Crippen LogP contribution < -0.4 is 9.64 Å². The molecular weight excluding hydrogens is 402 g/mol. The predicted molar refractivity (Wildman–Crippen MR) is 127 cm³/mol. The average molecular weight is 428 g/mol. The molecule has 0 radical (unpaired) electrons. The summed E-state index contributed by atoms with van der Waals surface area (Å²) < 4.78 is 6.21. The summed E-state index contributed by atoms with van der Waals surface area (Å²) in [5.41, 5.74) is 4.65. The molecule has 0 aromatic heterocycles. The molecule has 0 aliphatic heterocycles. The molecule has 0 fully saturated rings. The first-order valence-corrected chi connectivity index (χ1v) is 10.3. The van der Waals surface area contributed by atoms with Crippen molar-refractivity contribution in [1.29, 1.82) is 0 Å². The highest BCUT2D eigenvalue weighted by atomic mass is 16.5. The smallest absolute Gasteiger partial charge is 0.172 e. The summed E-state index contributed by atoms with van der Waals surface area (Å²) in [6.07, 6.45) is 0. The molecule has 4 rings (SSSR count). The molecule has 0 unspecified atom stereocenters. The molecule has 0 amide bonds. The SMILES string of the molecule is Cc1cc(N(c2ccc(O)c(C)c2)c2ccccc2Oc2c(C)cccc2O)ccc1O. The zero-order chi connectivity index (χ0) is 22.8. The number of hydrogen-bond acceptors (Lipinski definition) is 5. The second-order valence-electron chi connectivity index (χ2n) is 7.77. The number of rotatable bonds is 5. The maximum atomic E-state index is 10.4. The van der Waals surface area contributed by atoms with Gasteiger partial charge < -0.3 is 25.0 Å². The summed E-state index contributed by atoms with van der Waals surface area (Å²) in [6, 6.07) is 23.5. The topological polar surface area (TPSA) is 73.2 Å². The fourth-order valence-electron chi connectivity index (χ4n) is 3.59. The monoisotopic (exact) mass is 427 g/mol. The molecule has 4 aromatic rings. The van der Waals surface area contributed by atoms with E-state index in [4.69, 9.17) is 4.74 Å². The highest BCUT2D eigenvalue weighted by molar-refractivity contribution is 5.81. The number of benzene rings is 4. The number of ether oxygens (including phenoxy) is 1. The summed E-state index contributed by atoms with van der Waals surface area (Å²) in [7, 11) is 0. The number of phenols is 3. The Balaban J connectivity index is 1.90. The van der Waals surface area contributed by atoms with Gasteiger partial charge in [-0.15, -0.1) is 0 Å². The van der Waals surface area contributed by atoms with Crippen molar-refractivity contribution < 1.29 is 20.1 Å². The summed E-state index contributed by atoms with van der Waals surface area (Å²) >= 11 is 0. The molecule has 0 heterocycles. The largest absolute Gasteiger partial charge is 0.508 e. The minimum absolute atomic E-state index is 0.0623. The number of nitrogens with zero attached hydrogens (tertiary/aromatic N) is 1. The van der Waals surface area contributed by atoms with Crippen molar-refractivity contribution in [3.8, 4) is 28.7 Å². The minimum atomic E-state index is 0.0623. The predicted octanol–water partition coefficient (Wildman–Crippen LogP) is 6.99. The second-order valence-corrected chi connectivity index (χ2v) is 7.77. The van der Waals surface area contributed by atoms with Crippen LogP contribution in [0.25, 0.3) is 0 Å². The summed E-state index contributed by atoms with van der Waals surface area (Å²) in [4.78, 5) is 1.99. The van der Waals surface area contributed by atoms with Crippen LogP contribution in [0.15, 0.2) is 78.9 Å². The number of aromatic hydroxyl groups is 3. The van der Waals surface area contributed by atoms with E-state index in [1.807, 2.05) is 80.3 Å². The van der Waals surface area contributed by atoms with Crippen LogP contribution in [0.1, 0.15) is 16.7 Å². The molecule has 0 spiro atoms. The van der Waals surface area contributed by atoms with Crippen LogP contribution in [-0.2, 0) is 0 Å². The van der Waals surface area contributed by atoms with Gasteiger partial charge in [-0.3, -0.25) is 0 Å². The number of aryl methyl sites for hydroxylation is 3. The van der Waals surface area contributed by atoms with Gasteiger partial charge in [0.05, 0.1) is 5.69 Å². The molecule has 0 bridgehead atoms. The van der Waals surface area contributed by atoms with Gasteiger partial charge in [0.1, 0.15) is 11.5 Å². The first-order chi connectivity index (χ1) is 15.3. The lowest BCUT2D eigenvalue weighted by Gasteiger charge is -2.28. The van der Waals surface area contributed by atoms with Crippen molar-refractivity contribution in [2.75, 3.05) is 4.90 Å². The van der Waals surface area contributed by atoms with E-state index in [9.17, 15) is 15.3 Å². The summed E-state index contributed by atoms with van der Waals surface area (Å²) in [5.74, 6) is 1.43. The van der Waals surface area contributed by atoms with E-state index in [0.717, 1.165) is 33.8 Å². The quantitative estimate of drug-likeness (QED) is 0.320. The molecular formula is C27H25NO4. The molecule has 0 aliphatic rings. The van der Waals surface area contributed by atoms with Crippen LogP contribution in [0, 0.1) is 20.8 Å². The molecule has 5 nitrogen and oxygen atoms in total. The molecule has 4 aromatic carbocycles. The van der Waals surface area contributed by atoms with Crippen LogP contribution in [0.2, 0.25) is 0 Å². The molecule has 162 valence electrons. The third-order valence-electron chi connectivity index (χ3n) is 5.39. The summed E-state index contributed by atoms with van der Waals surface area (Å²) in [5, 5.41) is 30.5. The minimum Gasteiger partial charge on any atom is -0.508 e. The Morgan fingerprint density at radius 2 is 1.19 bits per heavy atom. The van der Waals surface area contributed by atoms with Gasteiger partial charge in [-0.25, -0.2) is 0 Å². The number of anilines is 3. The van der Waals surface area contributed by atoms with Crippen molar-refractivity contribution in [2.24, 2.45) is 0 Å². The molecule has 32 heavy (non-hydrogen) atoms. The number of phenolic OH excluding ortho intramolecular Hbond substituents is 3. The maximum absolute atomic E-state index is 10.4. The van der Waals surface area contributed by atoms with Gasteiger partial charge in [-0.1, -0.05) is 24.3 Å². The normalized spacial score (nSPS) is 10.7. The third-order valence-corrected chi connectivity index (χ3v) is 5.39. The van der Waals surface area contributed by atoms with Crippen LogP contribution in [0.3, 0.4) is 0 Å². The van der Waals surface area contributed by atoms with E-state index in [1.54, 1.807) is 24.3 Å². The van der Waals surface area contributed by atoms with Gasteiger partial charge >= 0.3 is 0 Å². The van der Waals surface area contributed by atoms with Crippen molar-refractivity contribution >= 4 is 17.1 Å². The Labute approximate surface area is 187 Å². The summed E-state index contributed by atoms with van der Waals surface area (Å²) in [6.45, 7) is 5.56. The van der Waals surface area contributed by atoms with Crippen LogP contribution in [-0.4, -0.2) is 15.3 Å². The van der Waals surface area contributed by atoms with E-state index in [0.29, 0.717) is 11.5 Å². The van der Waals surface area contributed by atoms with Crippen LogP contribution in [0.4, 0.5) is 17.1 Å². The Bertz CT molecular complexity index is 1210. The van der Waals surface area contributed by atoms with Gasteiger partial charge in [0.25, 0.3) is 0 Å². The van der Waals surface area contributed by atoms with Crippen LogP contribution >= 0.6 is 0 Å². The lowest BCUT2D eigenvalue weighted by Crippen LogP contribution is -2.11. The first kappa shape index (κ1) is 21.1. The van der Waals surface area contributed by atoms with Crippen molar-refractivity contribution in [1.82, 2.24) is 0 Å². The molecule has 0 atom stereocenters. The van der Waals surface area contributed by atoms with Gasteiger partial charge in [-0.2, -0.15) is 0 Å². The Kier molecular flexibility index (Phi) is 5.65. The van der Waals surface area contributed by atoms with E-state index >= 15 is 0 Å². The van der Waals surface area contributed by atoms with E-state index in [2.05, 4.69) is 0 Å². The standard InChI is InChI=1S/C27H25NO4/c1-17-7-6-9-25(31)27(17)32-26-10-5-4-8-22(26)28(20-11-13-23(29)18(2)15-20)21-12-14-24(30)19(3)16-21/h4-16,29-31H,1-3H3. The van der Waals surface area contributed by atoms with Gasteiger partial charge in [0.2, 0.25) is 0 Å². The van der Waals surface area contributed by atoms with Crippen LogP contribution in [0.5, 0.6) is 28.7 Å². The maximum Gasteiger partial charge on any atom is 0.172 e. The van der Waals surface area contributed by atoms with Gasteiger partial charge in [-0.05, 0) is 92.1 Å². The molecule has 0 saturated carbocycles. The Morgan fingerprint density at radius 3 is 1.75 bits per heavy atom. The van der Waals surface area contributed by atoms with E-state index < -0.39 is 0 Å². The van der Waals surface area contributed by atoms with Crippen molar-refractivity contribution in [3.05, 3.63) is 95.6 Å². The lowest BCUT2D eigenvalue weighted by molar-refractivity contribution is 0.409. The number of para-hydroxylation sites is 3. The fourth-order valence-corrected chi connectivity index (χ4v) is 3.59. The zero-order valence-electron chi connectivity index (χ0n) is 18.2. The fraction of sp³-hybridized carbons (Fsp3) is 0.111. The van der Waals surface area contributed by atoms with Crippen molar-refractivity contribution in [2.45, 2.75) is 20.8 Å². The first-order valence-electron chi connectivity index (χ1n) is 10.3. The highest BCUT2D eigenvalue weighted by Gasteiger charge is 2.20. The number of hydrogen-bond donors (Lipinski definition) is 3.